The summed E-state index contributed by atoms with van der Waals surface area (Å²) in [6.45, 7) is 10.4. The maximum Gasteiger partial charge on any atom is 0.190 e. The molecule has 1 aliphatic heterocycles. The van der Waals surface area contributed by atoms with Gasteiger partial charge in [0, 0.05) is 45.4 Å². The number of nitrogens with one attached hydrogen (secondary N) is 2. The first-order valence-electron chi connectivity index (χ1n) is 8.81. The zero-order valence-electron chi connectivity index (χ0n) is 15.6. The van der Waals surface area contributed by atoms with Crippen LogP contribution in [0.1, 0.15) is 40.0 Å². The number of aliphatic hydroxyl groups is 1. The van der Waals surface area contributed by atoms with Gasteiger partial charge in [-0.2, -0.15) is 0 Å². The van der Waals surface area contributed by atoms with E-state index in [2.05, 4.69) is 29.5 Å². The highest BCUT2D eigenvalue weighted by Crippen LogP contribution is 2.31. The van der Waals surface area contributed by atoms with Crippen LogP contribution in [0, 0.1) is 11.3 Å². The molecule has 2 atom stereocenters. The van der Waals surface area contributed by atoms with Crippen LogP contribution in [0.2, 0.25) is 0 Å². The van der Waals surface area contributed by atoms with Gasteiger partial charge in [0.25, 0.3) is 0 Å². The summed E-state index contributed by atoms with van der Waals surface area (Å²) in [5.74, 6) is 1.31. The predicted molar refractivity (Wildman–Crippen MR) is 109 cm³/mol. The summed E-state index contributed by atoms with van der Waals surface area (Å²) in [5, 5.41) is 16.0. The minimum Gasteiger partial charge on any atom is -0.396 e. The molecule has 0 aliphatic carbocycles. The number of rotatable bonds is 10. The van der Waals surface area contributed by atoms with Crippen molar-refractivity contribution in [2.75, 3.05) is 46.6 Å². The van der Waals surface area contributed by atoms with E-state index < -0.39 is 0 Å². The van der Waals surface area contributed by atoms with Crippen LogP contribution >= 0.6 is 24.0 Å². The fourth-order valence-corrected chi connectivity index (χ4v) is 2.96. The Morgan fingerprint density at radius 3 is 2.62 bits per heavy atom. The average molecular weight is 457 g/mol. The molecule has 144 valence electrons. The highest BCUT2D eigenvalue weighted by atomic mass is 127. The fourth-order valence-electron chi connectivity index (χ4n) is 2.96. The van der Waals surface area contributed by atoms with E-state index >= 15 is 0 Å². The molecule has 1 fully saturated rings. The molecule has 0 spiro atoms. The summed E-state index contributed by atoms with van der Waals surface area (Å²) in [6, 6.07) is 0. The second-order valence-electron chi connectivity index (χ2n) is 6.66. The number of aliphatic hydroxyl groups excluding tert-OH is 1. The normalized spacial score (nSPS) is 22.3. The maximum absolute atomic E-state index is 9.28. The Morgan fingerprint density at radius 1 is 1.38 bits per heavy atom. The quantitative estimate of drug-likeness (QED) is 0.266. The monoisotopic (exact) mass is 457 g/mol. The summed E-state index contributed by atoms with van der Waals surface area (Å²) in [6.07, 6.45) is 2.97. The van der Waals surface area contributed by atoms with Crippen molar-refractivity contribution in [3.63, 3.8) is 0 Å². The van der Waals surface area contributed by atoms with Crippen LogP contribution in [-0.4, -0.2) is 63.7 Å². The Bertz CT molecular complexity index is 348. The van der Waals surface area contributed by atoms with Crippen molar-refractivity contribution in [2.45, 2.75) is 46.1 Å². The molecule has 1 saturated heterocycles. The van der Waals surface area contributed by atoms with E-state index in [4.69, 9.17) is 9.47 Å². The number of hydrogen-bond donors (Lipinski definition) is 3. The zero-order valence-corrected chi connectivity index (χ0v) is 18.0. The van der Waals surface area contributed by atoms with E-state index in [-0.39, 0.29) is 42.1 Å². The molecular weight excluding hydrogens is 421 g/mol. The molecule has 0 radical (unpaired) electrons. The lowest BCUT2D eigenvalue weighted by molar-refractivity contribution is 0.0258. The maximum atomic E-state index is 9.28. The summed E-state index contributed by atoms with van der Waals surface area (Å²) in [4.78, 5) is 4.28. The van der Waals surface area contributed by atoms with Gasteiger partial charge in [0.15, 0.2) is 5.96 Å². The van der Waals surface area contributed by atoms with Crippen molar-refractivity contribution in [1.29, 1.82) is 0 Å². The highest BCUT2D eigenvalue weighted by molar-refractivity contribution is 14.0. The van der Waals surface area contributed by atoms with Crippen LogP contribution in [0.4, 0.5) is 0 Å². The molecule has 0 aromatic carbocycles. The van der Waals surface area contributed by atoms with Crippen molar-refractivity contribution in [1.82, 2.24) is 10.6 Å². The molecule has 3 N–H and O–H groups in total. The van der Waals surface area contributed by atoms with Crippen LogP contribution in [0.3, 0.4) is 0 Å². The molecule has 7 heteroatoms. The molecule has 1 aliphatic rings. The topological polar surface area (TPSA) is 75.1 Å². The standard InChI is InChI=1S/C17H35N3O3.HI/c1-5-23-15(14(2)3)6-9-19-16(18-4)20-12-17(7-10-21)8-11-22-13-17;/h14-15,21H,5-13H2,1-4H3,(H2,18,19,20);1H. The van der Waals surface area contributed by atoms with Gasteiger partial charge >= 0.3 is 0 Å². The Balaban J connectivity index is 0.00000529. The first-order valence-corrected chi connectivity index (χ1v) is 8.81. The van der Waals surface area contributed by atoms with Gasteiger partial charge in [-0.3, -0.25) is 4.99 Å². The average Bonchev–Trinajstić information content (AvgIpc) is 2.98. The molecule has 0 aromatic heterocycles. The van der Waals surface area contributed by atoms with Gasteiger partial charge in [-0.15, -0.1) is 24.0 Å². The summed E-state index contributed by atoms with van der Waals surface area (Å²) in [7, 11) is 1.78. The smallest absolute Gasteiger partial charge is 0.190 e. The van der Waals surface area contributed by atoms with Gasteiger partial charge in [-0.25, -0.2) is 0 Å². The van der Waals surface area contributed by atoms with E-state index in [1.54, 1.807) is 7.05 Å². The van der Waals surface area contributed by atoms with Crippen molar-refractivity contribution in [2.24, 2.45) is 16.3 Å². The number of nitrogens with zero attached hydrogens (tertiary/aromatic N) is 1. The third-order valence-corrected chi connectivity index (χ3v) is 4.53. The lowest BCUT2D eigenvalue weighted by atomic mass is 9.84. The number of ether oxygens (including phenoxy) is 2. The van der Waals surface area contributed by atoms with E-state index in [0.717, 1.165) is 51.5 Å². The second kappa shape index (κ2) is 13.1. The van der Waals surface area contributed by atoms with Gasteiger partial charge in [0.2, 0.25) is 0 Å². The van der Waals surface area contributed by atoms with Crippen molar-refractivity contribution in [3.05, 3.63) is 0 Å². The molecule has 2 unspecified atom stereocenters. The minimum atomic E-state index is 0. The SMILES string of the molecule is CCOC(CCNC(=NC)NCC1(CCO)CCOC1)C(C)C.I. The lowest BCUT2D eigenvalue weighted by Crippen LogP contribution is -2.45. The Labute approximate surface area is 164 Å². The van der Waals surface area contributed by atoms with E-state index in [1.165, 1.54) is 0 Å². The van der Waals surface area contributed by atoms with Gasteiger partial charge in [0.05, 0.1) is 12.7 Å². The largest absolute Gasteiger partial charge is 0.396 e. The van der Waals surface area contributed by atoms with Gasteiger partial charge < -0.3 is 25.2 Å². The molecule has 0 amide bonds. The summed E-state index contributed by atoms with van der Waals surface area (Å²) >= 11 is 0. The molecular formula is C17H36IN3O3. The zero-order chi connectivity index (χ0) is 17.1. The number of halogens is 1. The van der Waals surface area contributed by atoms with Crippen molar-refractivity contribution < 1.29 is 14.6 Å². The minimum absolute atomic E-state index is 0. The fraction of sp³-hybridized carbons (Fsp3) is 0.941. The van der Waals surface area contributed by atoms with E-state index in [9.17, 15) is 5.11 Å². The summed E-state index contributed by atoms with van der Waals surface area (Å²) < 4.78 is 11.3. The predicted octanol–water partition coefficient (Wildman–Crippen LogP) is 2.01. The molecule has 24 heavy (non-hydrogen) atoms. The molecule has 6 nitrogen and oxygen atoms in total. The Kier molecular flexibility index (Phi) is 13.1. The van der Waals surface area contributed by atoms with Gasteiger partial charge in [0.1, 0.15) is 0 Å². The first kappa shape index (κ1) is 23.9. The lowest BCUT2D eigenvalue weighted by Gasteiger charge is -2.28. The van der Waals surface area contributed by atoms with Crippen LogP contribution < -0.4 is 10.6 Å². The molecule has 0 saturated carbocycles. The van der Waals surface area contributed by atoms with Gasteiger partial charge in [-0.1, -0.05) is 13.8 Å². The van der Waals surface area contributed by atoms with E-state index in [1.807, 2.05) is 6.92 Å². The number of hydrogen-bond acceptors (Lipinski definition) is 4. The Morgan fingerprint density at radius 2 is 2.12 bits per heavy atom. The number of aliphatic imine (C=N–C) groups is 1. The molecule has 0 bridgehead atoms. The van der Waals surface area contributed by atoms with Crippen LogP contribution in [0.5, 0.6) is 0 Å². The second-order valence-corrected chi connectivity index (χ2v) is 6.66. The van der Waals surface area contributed by atoms with Crippen molar-refractivity contribution in [3.8, 4) is 0 Å². The third kappa shape index (κ3) is 8.31. The third-order valence-electron chi connectivity index (χ3n) is 4.53. The van der Waals surface area contributed by atoms with E-state index in [0.29, 0.717) is 12.5 Å². The van der Waals surface area contributed by atoms with Gasteiger partial charge in [-0.05, 0) is 32.1 Å². The van der Waals surface area contributed by atoms with Crippen LogP contribution in [0.25, 0.3) is 0 Å². The highest BCUT2D eigenvalue weighted by Gasteiger charge is 2.34. The first-order chi connectivity index (χ1) is 11.1. The van der Waals surface area contributed by atoms with Crippen LogP contribution in [-0.2, 0) is 9.47 Å². The molecule has 0 aromatic rings. The number of guanidine groups is 1. The van der Waals surface area contributed by atoms with Crippen molar-refractivity contribution >= 4 is 29.9 Å². The molecule has 1 rings (SSSR count). The van der Waals surface area contributed by atoms with Crippen LogP contribution in [0.15, 0.2) is 4.99 Å². The molecule has 1 heterocycles. The Hall–Kier alpha value is -0.120. The summed E-state index contributed by atoms with van der Waals surface area (Å²) in [5.41, 5.74) is 0.0260.